The zero-order chi connectivity index (χ0) is 18.4. The van der Waals surface area contributed by atoms with E-state index in [2.05, 4.69) is 4.99 Å². The van der Waals surface area contributed by atoms with Crippen LogP contribution in [0.2, 0.25) is 0 Å². The van der Waals surface area contributed by atoms with Crippen LogP contribution in [0.4, 0.5) is 5.69 Å². The lowest BCUT2D eigenvalue weighted by molar-refractivity contribution is -0.235. The molecule has 0 spiro atoms. The molecule has 25 heavy (non-hydrogen) atoms. The predicted octanol–water partition coefficient (Wildman–Crippen LogP) is 1.88. The van der Waals surface area contributed by atoms with E-state index in [9.17, 15) is 9.59 Å². The summed E-state index contributed by atoms with van der Waals surface area (Å²) < 4.78 is 25.8. The normalized spacial score (nSPS) is 17.3. The third-order valence-corrected chi connectivity index (χ3v) is 3.27. The molecule has 1 aromatic carbocycles. The molecule has 0 aromatic heterocycles. The lowest BCUT2D eigenvalue weighted by Crippen LogP contribution is -2.46. The van der Waals surface area contributed by atoms with E-state index in [1.165, 1.54) is 27.2 Å². The Morgan fingerprint density at radius 1 is 1.12 bits per heavy atom. The van der Waals surface area contributed by atoms with Gasteiger partial charge in [0, 0.05) is 33.2 Å². The average Bonchev–Trinajstić information content (AvgIpc) is 2.53. The van der Waals surface area contributed by atoms with Crippen molar-refractivity contribution in [3.05, 3.63) is 18.2 Å². The number of methoxy groups -OCH3 is 2. The number of hydrogen-bond donors (Lipinski definition) is 0. The first-order valence-electron chi connectivity index (χ1n) is 7.66. The zero-order valence-electron chi connectivity index (χ0n) is 14.6. The van der Waals surface area contributed by atoms with Crippen LogP contribution in [-0.4, -0.2) is 51.4 Å². The molecule has 1 aliphatic heterocycles. The lowest BCUT2D eigenvalue weighted by atomic mass is 10.1. The van der Waals surface area contributed by atoms with Gasteiger partial charge < -0.3 is 23.7 Å². The Balaban J connectivity index is 2.13. The van der Waals surface area contributed by atoms with Gasteiger partial charge in [-0.05, 0) is 12.1 Å². The van der Waals surface area contributed by atoms with Crippen LogP contribution in [-0.2, 0) is 23.8 Å². The molecule has 0 saturated carbocycles. The largest absolute Gasteiger partial charge is 0.493 e. The molecular weight excluding hydrogens is 330 g/mol. The lowest BCUT2D eigenvalue weighted by Gasteiger charge is -2.31. The van der Waals surface area contributed by atoms with Crippen molar-refractivity contribution in [1.29, 1.82) is 0 Å². The highest BCUT2D eigenvalue weighted by Gasteiger charge is 2.42. The van der Waals surface area contributed by atoms with Gasteiger partial charge in [0.15, 0.2) is 17.4 Å². The molecule has 0 atom stereocenters. The van der Waals surface area contributed by atoms with Crippen molar-refractivity contribution in [3.8, 4) is 11.5 Å². The van der Waals surface area contributed by atoms with E-state index in [1.807, 2.05) is 0 Å². The van der Waals surface area contributed by atoms with Crippen molar-refractivity contribution in [2.45, 2.75) is 19.6 Å². The van der Waals surface area contributed by atoms with Gasteiger partial charge in [-0.1, -0.05) is 0 Å². The van der Waals surface area contributed by atoms with Crippen LogP contribution >= 0.6 is 0 Å². The van der Waals surface area contributed by atoms with Crippen molar-refractivity contribution in [2.24, 2.45) is 10.9 Å². The van der Waals surface area contributed by atoms with Crippen LogP contribution in [0.1, 0.15) is 13.8 Å². The van der Waals surface area contributed by atoms with E-state index < -0.39 is 23.6 Å². The Kier molecular flexibility index (Phi) is 5.97. The van der Waals surface area contributed by atoms with Crippen LogP contribution in [0.25, 0.3) is 0 Å². The number of benzene rings is 1. The number of rotatable bonds is 7. The third-order valence-electron chi connectivity index (χ3n) is 3.27. The highest BCUT2D eigenvalue weighted by molar-refractivity contribution is 6.10. The first-order valence-corrected chi connectivity index (χ1v) is 7.66. The molecule has 1 heterocycles. The molecule has 1 aromatic rings. The summed E-state index contributed by atoms with van der Waals surface area (Å²) in [6, 6.07) is 4.98. The van der Waals surface area contributed by atoms with Crippen molar-refractivity contribution in [1.82, 2.24) is 0 Å². The number of hydrogen-bond acceptors (Lipinski definition) is 8. The number of aliphatic imine (C=N–C) groups is 1. The van der Waals surface area contributed by atoms with Crippen molar-refractivity contribution in [3.63, 3.8) is 0 Å². The summed E-state index contributed by atoms with van der Waals surface area (Å²) in [4.78, 5) is 28.0. The minimum atomic E-state index is -1.26. The van der Waals surface area contributed by atoms with Gasteiger partial charge in [-0.3, -0.25) is 14.6 Å². The zero-order valence-corrected chi connectivity index (χ0v) is 14.6. The quantitative estimate of drug-likeness (QED) is 0.320. The Bertz CT molecular complexity index is 649. The molecule has 0 unspecified atom stereocenters. The van der Waals surface area contributed by atoms with Crippen LogP contribution in [0, 0.1) is 5.92 Å². The average molecular weight is 351 g/mol. The van der Waals surface area contributed by atoms with Crippen molar-refractivity contribution < 1.29 is 33.3 Å². The van der Waals surface area contributed by atoms with Crippen molar-refractivity contribution >= 4 is 23.8 Å². The van der Waals surface area contributed by atoms with Gasteiger partial charge in [-0.15, -0.1) is 0 Å². The Morgan fingerprint density at radius 3 is 2.40 bits per heavy atom. The van der Waals surface area contributed by atoms with Gasteiger partial charge in [-0.2, -0.15) is 0 Å². The van der Waals surface area contributed by atoms with E-state index in [0.29, 0.717) is 30.4 Å². The minimum Gasteiger partial charge on any atom is -0.493 e. The smallest absolute Gasteiger partial charge is 0.329 e. The van der Waals surface area contributed by atoms with Crippen LogP contribution in [0.15, 0.2) is 23.2 Å². The number of carbonyl (C=O) groups excluding carboxylic acids is 2. The second-order valence-corrected chi connectivity index (χ2v) is 5.67. The molecule has 0 aliphatic carbocycles. The van der Waals surface area contributed by atoms with Gasteiger partial charge in [0.05, 0.1) is 19.4 Å². The SMILES string of the molecule is COCCOc1cc(N=CC2C(=O)OC(C)(C)OC2=O)ccc1OC. The first-order chi connectivity index (χ1) is 11.9. The van der Waals surface area contributed by atoms with Gasteiger partial charge >= 0.3 is 11.9 Å². The van der Waals surface area contributed by atoms with E-state index >= 15 is 0 Å². The maximum absolute atomic E-state index is 11.9. The third kappa shape index (κ3) is 4.93. The highest BCUT2D eigenvalue weighted by atomic mass is 16.7. The fourth-order valence-electron chi connectivity index (χ4n) is 2.10. The molecule has 0 radical (unpaired) electrons. The molecule has 1 saturated heterocycles. The first kappa shape index (κ1) is 18.7. The molecule has 1 fully saturated rings. The maximum Gasteiger partial charge on any atom is 0.329 e. The number of nitrogens with zero attached hydrogens (tertiary/aromatic N) is 1. The van der Waals surface area contributed by atoms with E-state index in [4.69, 9.17) is 23.7 Å². The fourth-order valence-corrected chi connectivity index (χ4v) is 2.10. The summed E-state index contributed by atoms with van der Waals surface area (Å²) in [5, 5.41) is 0. The number of ether oxygens (including phenoxy) is 5. The van der Waals surface area contributed by atoms with E-state index in [0.717, 1.165) is 0 Å². The maximum atomic E-state index is 11.9. The summed E-state index contributed by atoms with van der Waals surface area (Å²) in [5.41, 5.74) is 0.485. The number of cyclic esters (lactones) is 2. The predicted molar refractivity (Wildman–Crippen MR) is 88.3 cm³/mol. The van der Waals surface area contributed by atoms with Gasteiger partial charge in [0.2, 0.25) is 0 Å². The Hall–Kier alpha value is -2.61. The fraction of sp³-hybridized carbons (Fsp3) is 0.471. The summed E-state index contributed by atoms with van der Waals surface area (Å²) in [5.74, 6) is -2.85. The van der Waals surface area contributed by atoms with E-state index in [1.54, 1.807) is 25.3 Å². The molecule has 1 aliphatic rings. The monoisotopic (exact) mass is 351 g/mol. The van der Waals surface area contributed by atoms with Crippen LogP contribution in [0.5, 0.6) is 11.5 Å². The highest BCUT2D eigenvalue weighted by Crippen LogP contribution is 2.31. The molecule has 2 rings (SSSR count). The Labute approximate surface area is 145 Å². The van der Waals surface area contributed by atoms with Crippen LogP contribution in [0.3, 0.4) is 0 Å². The molecule has 136 valence electrons. The van der Waals surface area contributed by atoms with Gasteiger partial charge in [-0.25, -0.2) is 0 Å². The second-order valence-electron chi connectivity index (χ2n) is 5.67. The molecule has 8 heteroatoms. The van der Waals surface area contributed by atoms with Crippen LogP contribution < -0.4 is 9.47 Å². The molecule has 0 N–H and O–H groups in total. The summed E-state index contributed by atoms with van der Waals surface area (Å²) in [6.45, 7) is 3.75. The topological polar surface area (TPSA) is 92.7 Å². The minimum absolute atomic E-state index is 0.344. The standard InChI is InChI=1S/C17H21NO7/c1-17(2)24-15(19)12(16(20)25-17)10-18-11-5-6-13(22-4)14(9-11)23-8-7-21-3/h5-6,9-10,12H,7-8H2,1-4H3. The molecule has 8 nitrogen and oxygen atoms in total. The number of carbonyl (C=O) groups is 2. The van der Waals surface area contributed by atoms with E-state index in [-0.39, 0.29) is 0 Å². The van der Waals surface area contributed by atoms with Gasteiger partial charge in [0.1, 0.15) is 6.61 Å². The second kappa shape index (κ2) is 7.98. The Morgan fingerprint density at radius 2 is 1.80 bits per heavy atom. The molecule has 0 bridgehead atoms. The summed E-state index contributed by atoms with van der Waals surface area (Å²) in [7, 11) is 3.10. The molecular formula is C17H21NO7. The van der Waals surface area contributed by atoms with Gasteiger partial charge in [0.25, 0.3) is 5.79 Å². The number of esters is 2. The summed E-state index contributed by atoms with van der Waals surface area (Å²) >= 11 is 0. The summed E-state index contributed by atoms with van der Waals surface area (Å²) in [6.07, 6.45) is 1.20. The van der Waals surface area contributed by atoms with Crippen molar-refractivity contribution in [2.75, 3.05) is 27.4 Å². The molecule has 0 amide bonds.